The first-order valence-corrected chi connectivity index (χ1v) is 6.95. The predicted octanol–water partition coefficient (Wildman–Crippen LogP) is 3.77. The van der Waals surface area contributed by atoms with Gasteiger partial charge in [-0.1, -0.05) is 0 Å². The van der Waals surface area contributed by atoms with E-state index < -0.39 is 0 Å². The molecule has 0 aliphatic heterocycles. The zero-order valence-electron chi connectivity index (χ0n) is 11.6. The Balaban J connectivity index is 2.17. The van der Waals surface area contributed by atoms with Gasteiger partial charge in [-0.25, -0.2) is 4.98 Å². The predicted molar refractivity (Wildman–Crippen MR) is 77.2 cm³/mol. The summed E-state index contributed by atoms with van der Waals surface area (Å²) in [6.45, 7) is 8.44. The number of benzene rings is 1. The topological polar surface area (TPSA) is 39.2 Å². The number of thiazole rings is 1. The largest absolute Gasteiger partial charge is 0.486 e. The molecule has 2 aromatic rings. The molecule has 0 saturated carbocycles. The van der Waals surface area contributed by atoms with Crippen LogP contribution in [-0.4, -0.2) is 11.3 Å². The van der Waals surface area contributed by atoms with E-state index in [0.717, 1.165) is 33.9 Å². The minimum Gasteiger partial charge on any atom is -0.486 e. The molecule has 0 atom stereocenters. The molecule has 0 N–H and O–H groups in total. The Kier molecular flexibility index (Phi) is 4.00. The Bertz CT molecular complexity index is 574. The lowest BCUT2D eigenvalue weighted by Gasteiger charge is -2.11. The third-order valence-electron chi connectivity index (χ3n) is 3.03. The van der Waals surface area contributed by atoms with E-state index in [1.54, 1.807) is 11.3 Å². The van der Waals surface area contributed by atoms with E-state index in [1.165, 1.54) is 4.88 Å². The highest BCUT2D eigenvalue weighted by Gasteiger charge is 2.09. The normalized spacial score (nSPS) is 10.5. The number of aryl methyl sites for hydroxylation is 4. The zero-order chi connectivity index (χ0) is 14.0. The second kappa shape index (κ2) is 5.53. The molecule has 0 aliphatic rings. The number of carbonyl (C=O) groups is 1. The van der Waals surface area contributed by atoms with Gasteiger partial charge in [0.05, 0.1) is 5.69 Å². The van der Waals surface area contributed by atoms with Crippen molar-refractivity contribution in [1.29, 1.82) is 0 Å². The maximum Gasteiger partial charge on any atom is 0.150 e. The summed E-state index contributed by atoms with van der Waals surface area (Å²) in [5.41, 5.74) is 3.70. The highest BCUT2D eigenvalue weighted by atomic mass is 32.1. The molecular weight excluding hydrogens is 258 g/mol. The Morgan fingerprint density at radius 3 is 2.32 bits per heavy atom. The van der Waals surface area contributed by atoms with E-state index in [0.29, 0.717) is 12.2 Å². The lowest BCUT2D eigenvalue weighted by atomic mass is 10.1. The number of hydrogen-bond donors (Lipinski definition) is 0. The summed E-state index contributed by atoms with van der Waals surface area (Å²) in [7, 11) is 0. The molecule has 0 radical (unpaired) electrons. The van der Waals surface area contributed by atoms with Gasteiger partial charge in [-0.05, 0) is 51.0 Å². The van der Waals surface area contributed by atoms with Crippen LogP contribution in [0.15, 0.2) is 12.1 Å². The summed E-state index contributed by atoms with van der Waals surface area (Å²) in [5.74, 6) is 0.844. The van der Waals surface area contributed by atoms with E-state index >= 15 is 0 Å². The van der Waals surface area contributed by atoms with E-state index in [-0.39, 0.29) is 0 Å². The molecular formula is C15H17NO2S. The first-order valence-electron chi connectivity index (χ1n) is 6.13. The van der Waals surface area contributed by atoms with E-state index in [1.807, 2.05) is 32.9 Å². The monoisotopic (exact) mass is 275 g/mol. The van der Waals surface area contributed by atoms with Gasteiger partial charge in [-0.15, -0.1) is 11.3 Å². The van der Waals surface area contributed by atoms with Crippen LogP contribution in [0.1, 0.15) is 37.1 Å². The van der Waals surface area contributed by atoms with Crippen LogP contribution in [0.2, 0.25) is 0 Å². The molecule has 1 heterocycles. The van der Waals surface area contributed by atoms with Crippen LogP contribution in [-0.2, 0) is 6.61 Å². The third-order valence-corrected chi connectivity index (χ3v) is 4.08. The summed E-state index contributed by atoms with van der Waals surface area (Å²) in [6, 6.07) is 3.68. The van der Waals surface area contributed by atoms with Gasteiger partial charge >= 0.3 is 0 Å². The van der Waals surface area contributed by atoms with Crippen molar-refractivity contribution < 1.29 is 9.53 Å². The fourth-order valence-corrected chi connectivity index (χ4v) is 2.86. The van der Waals surface area contributed by atoms with Gasteiger partial charge in [-0.3, -0.25) is 4.79 Å². The third kappa shape index (κ3) is 3.01. The van der Waals surface area contributed by atoms with Gasteiger partial charge in [0.25, 0.3) is 0 Å². The highest BCUT2D eigenvalue weighted by Crippen LogP contribution is 2.26. The standard InChI is InChI=1S/C15H17NO2S/c1-9-5-13(7-17)6-10(2)15(9)18-8-14-16-11(3)12(4)19-14/h5-7H,8H2,1-4H3. The van der Waals surface area contributed by atoms with Crippen LogP contribution >= 0.6 is 11.3 Å². The van der Waals surface area contributed by atoms with E-state index in [2.05, 4.69) is 11.9 Å². The molecule has 3 nitrogen and oxygen atoms in total. The SMILES string of the molecule is Cc1cc(C=O)cc(C)c1OCc1nc(C)c(C)s1. The highest BCUT2D eigenvalue weighted by molar-refractivity contribution is 7.11. The second-order valence-corrected chi connectivity index (χ2v) is 5.93. The van der Waals surface area contributed by atoms with Crippen LogP contribution in [0.3, 0.4) is 0 Å². The van der Waals surface area contributed by atoms with Crippen molar-refractivity contribution in [3.8, 4) is 5.75 Å². The second-order valence-electron chi connectivity index (χ2n) is 4.64. The van der Waals surface area contributed by atoms with Crippen molar-refractivity contribution in [3.05, 3.63) is 44.4 Å². The van der Waals surface area contributed by atoms with Crippen LogP contribution in [0, 0.1) is 27.7 Å². The van der Waals surface area contributed by atoms with Crippen molar-refractivity contribution in [1.82, 2.24) is 4.98 Å². The summed E-state index contributed by atoms with van der Waals surface area (Å²) in [5, 5.41) is 0.980. The lowest BCUT2D eigenvalue weighted by Crippen LogP contribution is -1.99. The fourth-order valence-electron chi connectivity index (χ4n) is 2.01. The van der Waals surface area contributed by atoms with Crippen molar-refractivity contribution in [2.75, 3.05) is 0 Å². The summed E-state index contributed by atoms with van der Waals surface area (Å²) >= 11 is 1.66. The summed E-state index contributed by atoms with van der Waals surface area (Å²) in [4.78, 5) is 16.5. The molecule has 4 heteroatoms. The minimum absolute atomic E-state index is 0.474. The van der Waals surface area contributed by atoms with Crippen molar-refractivity contribution in [3.63, 3.8) is 0 Å². The molecule has 0 spiro atoms. The molecule has 2 rings (SSSR count). The molecule has 0 bridgehead atoms. The smallest absolute Gasteiger partial charge is 0.150 e. The Hall–Kier alpha value is -1.68. The Morgan fingerprint density at radius 1 is 1.21 bits per heavy atom. The molecule has 1 aromatic carbocycles. The number of nitrogens with zero attached hydrogens (tertiary/aromatic N) is 1. The molecule has 19 heavy (non-hydrogen) atoms. The minimum atomic E-state index is 0.474. The van der Waals surface area contributed by atoms with Crippen LogP contribution in [0.4, 0.5) is 0 Å². The van der Waals surface area contributed by atoms with Gasteiger partial charge in [-0.2, -0.15) is 0 Å². The summed E-state index contributed by atoms with van der Waals surface area (Å²) < 4.78 is 5.85. The van der Waals surface area contributed by atoms with Gasteiger partial charge in [0.2, 0.25) is 0 Å². The number of aldehydes is 1. The number of hydrogen-bond acceptors (Lipinski definition) is 4. The van der Waals surface area contributed by atoms with Crippen molar-refractivity contribution in [2.45, 2.75) is 34.3 Å². The molecule has 0 aliphatic carbocycles. The molecule has 0 unspecified atom stereocenters. The molecule has 100 valence electrons. The lowest BCUT2D eigenvalue weighted by molar-refractivity contribution is 0.112. The molecule has 0 amide bonds. The van der Waals surface area contributed by atoms with E-state index in [9.17, 15) is 4.79 Å². The molecule has 1 aromatic heterocycles. The first-order chi connectivity index (χ1) is 9.01. The number of rotatable bonds is 4. The number of aromatic nitrogens is 1. The van der Waals surface area contributed by atoms with Gasteiger partial charge in [0.15, 0.2) is 0 Å². The van der Waals surface area contributed by atoms with Gasteiger partial charge in [0.1, 0.15) is 23.7 Å². The summed E-state index contributed by atoms with van der Waals surface area (Å²) in [6.07, 6.45) is 0.858. The first kappa shape index (κ1) is 13.7. The van der Waals surface area contributed by atoms with Crippen molar-refractivity contribution >= 4 is 17.6 Å². The average Bonchev–Trinajstić information content (AvgIpc) is 2.67. The Morgan fingerprint density at radius 2 is 1.84 bits per heavy atom. The maximum absolute atomic E-state index is 10.8. The molecule has 0 fully saturated rings. The average molecular weight is 275 g/mol. The van der Waals surface area contributed by atoms with Gasteiger partial charge < -0.3 is 4.74 Å². The van der Waals surface area contributed by atoms with Gasteiger partial charge in [0, 0.05) is 10.4 Å². The maximum atomic E-state index is 10.8. The van der Waals surface area contributed by atoms with Crippen LogP contribution < -0.4 is 4.74 Å². The van der Waals surface area contributed by atoms with Crippen molar-refractivity contribution in [2.24, 2.45) is 0 Å². The number of ether oxygens (including phenoxy) is 1. The van der Waals surface area contributed by atoms with E-state index in [4.69, 9.17) is 4.74 Å². The number of carbonyl (C=O) groups excluding carboxylic acids is 1. The zero-order valence-corrected chi connectivity index (χ0v) is 12.4. The molecule has 0 saturated heterocycles. The van der Waals surface area contributed by atoms with Crippen LogP contribution in [0.5, 0.6) is 5.75 Å². The Labute approximate surface area is 117 Å². The van der Waals surface area contributed by atoms with Crippen LogP contribution in [0.25, 0.3) is 0 Å². The quantitative estimate of drug-likeness (QED) is 0.797. The fraction of sp³-hybridized carbons (Fsp3) is 0.333.